The van der Waals surface area contributed by atoms with Crippen molar-refractivity contribution in [3.8, 4) is 10.4 Å². The number of benzene rings is 2. The van der Waals surface area contributed by atoms with E-state index in [1.165, 1.54) is 6.07 Å². The number of aromatic nitrogens is 1. The van der Waals surface area contributed by atoms with Gasteiger partial charge in [0.05, 0.1) is 10.2 Å². The molecule has 0 fully saturated rings. The fourth-order valence-corrected chi connectivity index (χ4v) is 3.72. The van der Waals surface area contributed by atoms with Gasteiger partial charge in [-0.15, -0.1) is 0 Å². The molecule has 0 unspecified atom stereocenters. The maximum absolute atomic E-state index is 13.8. The van der Waals surface area contributed by atoms with Crippen LogP contribution in [-0.4, -0.2) is 22.0 Å². The summed E-state index contributed by atoms with van der Waals surface area (Å²) in [5.41, 5.74) is 1.26. The number of nitrogens with zero attached hydrogens (tertiary/aromatic N) is 1. The Bertz CT molecular complexity index is 1020. The summed E-state index contributed by atoms with van der Waals surface area (Å²) in [5, 5.41) is 2.53. The minimum absolute atomic E-state index is 0.0604. The van der Waals surface area contributed by atoms with E-state index < -0.39 is 23.1 Å². The molecule has 0 bridgehead atoms. The molecule has 1 heterocycles. The molecule has 0 atom stereocenters. The summed E-state index contributed by atoms with van der Waals surface area (Å²) in [6.07, 6.45) is 0. The minimum Gasteiger partial charge on any atom is -0.298 e. The van der Waals surface area contributed by atoms with Crippen LogP contribution in [0.4, 0.5) is 13.9 Å². The van der Waals surface area contributed by atoms with E-state index in [1.54, 1.807) is 0 Å². The average molecular weight is 451 g/mol. The number of rotatable bonds is 5. The molecule has 0 aliphatic heterocycles. The summed E-state index contributed by atoms with van der Waals surface area (Å²) in [6.45, 7) is 1.92. The lowest BCUT2D eigenvalue weighted by molar-refractivity contribution is 0.100. The van der Waals surface area contributed by atoms with Crippen LogP contribution in [0.2, 0.25) is 0 Å². The van der Waals surface area contributed by atoms with Crippen molar-refractivity contribution in [2.75, 3.05) is 10.6 Å². The summed E-state index contributed by atoms with van der Waals surface area (Å²) < 4.78 is 27.6. The second kappa shape index (κ2) is 8.06. The van der Waals surface area contributed by atoms with E-state index in [-0.39, 0.29) is 21.9 Å². The minimum atomic E-state index is -0.972. The van der Waals surface area contributed by atoms with Gasteiger partial charge < -0.3 is 0 Å². The van der Waals surface area contributed by atoms with Crippen LogP contribution in [0.1, 0.15) is 26.4 Å². The number of anilines is 1. The fraction of sp³-hybridized carbons (Fsp3) is 0.105. The Morgan fingerprint density at radius 3 is 2.44 bits per heavy atom. The zero-order valence-corrected chi connectivity index (χ0v) is 16.5. The number of hydrogen-bond donors (Lipinski definition) is 1. The van der Waals surface area contributed by atoms with Gasteiger partial charge in [-0.3, -0.25) is 14.9 Å². The summed E-state index contributed by atoms with van der Waals surface area (Å²) in [7, 11) is 0. The second-order valence-electron chi connectivity index (χ2n) is 5.67. The first-order valence-electron chi connectivity index (χ1n) is 7.83. The topological polar surface area (TPSA) is 59.1 Å². The molecule has 0 aliphatic rings. The Balaban J connectivity index is 2.00. The van der Waals surface area contributed by atoms with Crippen molar-refractivity contribution in [3.63, 3.8) is 0 Å². The van der Waals surface area contributed by atoms with E-state index in [9.17, 15) is 18.4 Å². The Hall–Kier alpha value is -2.45. The number of aryl methyl sites for hydroxylation is 1. The van der Waals surface area contributed by atoms with Gasteiger partial charge in [0.1, 0.15) is 22.9 Å². The summed E-state index contributed by atoms with van der Waals surface area (Å²) in [5.74, 6) is -3.17. The smallest absolute Gasteiger partial charge is 0.263 e. The average Bonchev–Trinajstić information content (AvgIpc) is 3.04. The largest absolute Gasteiger partial charge is 0.298 e. The van der Waals surface area contributed by atoms with Crippen LogP contribution < -0.4 is 5.32 Å². The Morgan fingerprint density at radius 2 is 1.81 bits per heavy atom. The molecular formula is C19H13BrF2N2O2S. The van der Waals surface area contributed by atoms with E-state index in [2.05, 4.69) is 26.2 Å². The number of ketones is 1. The molecule has 3 aromatic rings. The van der Waals surface area contributed by atoms with Crippen LogP contribution in [0.15, 0.2) is 42.5 Å². The maximum Gasteiger partial charge on any atom is 0.263 e. The molecule has 1 aromatic heterocycles. The highest BCUT2D eigenvalue weighted by molar-refractivity contribution is 9.09. The van der Waals surface area contributed by atoms with Gasteiger partial charge >= 0.3 is 0 Å². The summed E-state index contributed by atoms with van der Waals surface area (Å²) in [6, 6.07) is 10.7. The number of alkyl halides is 1. The SMILES string of the molecule is Cc1cccc(-c2sc(NC(=O)c3c(F)cccc3F)nc2C(=O)CBr)c1. The highest BCUT2D eigenvalue weighted by atomic mass is 79.9. The predicted molar refractivity (Wildman–Crippen MR) is 105 cm³/mol. The van der Waals surface area contributed by atoms with E-state index in [0.717, 1.165) is 34.6 Å². The third-order valence-electron chi connectivity index (χ3n) is 3.70. The van der Waals surface area contributed by atoms with Crippen LogP contribution >= 0.6 is 27.3 Å². The van der Waals surface area contributed by atoms with E-state index in [1.807, 2.05) is 31.2 Å². The molecule has 0 saturated carbocycles. The van der Waals surface area contributed by atoms with Gasteiger partial charge in [0, 0.05) is 0 Å². The number of thiazole rings is 1. The first kappa shape index (κ1) is 19.3. The fourth-order valence-electron chi connectivity index (χ4n) is 2.48. The summed E-state index contributed by atoms with van der Waals surface area (Å²) >= 11 is 4.19. The molecule has 138 valence electrons. The summed E-state index contributed by atoms with van der Waals surface area (Å²) in [4.78, 5) is 29.3. The molecule has 1 amide bonds. The second-order valence-corrected chi connectivity index (χ2v) is 7.23. The van der Waals surface area contributed by atoms with Gasteiger partial charge in [0.15, 0.2) is 10.9 Å². The number of halogens is 3. The molecule has 0 radical (unpaired) electrons. The molecule has 27 heavy (non-hydrogen) atoms. The Kier molecular flexibility index (Phi) is 5.76. The predicted octanol–water partition coefficient (Wildman–Crippen LogP) is 5.23. The lowest BCUT2D eigenvalue weighted by Crippen LogP contribution is -2.16. The van der Waals surface area contributed by atoms with Crippen molar-refractivity contribution >= 4 is 44.1 Å². The first-order valence-corrected chi connectivity index (χ1v) is 9.77. The van der Waals surface area contributed by atoms with Crippen molar-refractivity contribution in [1.29, 1.82) is 0 Å². The zero-order valence-electron chi connectivity index (χ0n) is 14.1. The van der Waals surface area contributed by atoms with Crippen LogP contribution in [-0.2, 0) is 0 Å². The standard InChI is InChI=1S/C19H13BrF2N2O2S/c1-10-4-2-5-11(8-10)17-16(14(25)9-20)23-19(27-17)24-18(26)15-12(21)6-3-7-13(15)22/h2-8H,9H2,1H3,(H,23,24,26). The Morgan fingerprint density at radius 1 is 1.15 bits per heavy atom. The monoisotopic (exact) mass is 450 g/mol. The first-order chi connectivity index (χ1) is 12.9. The van der Waals surface area contributed by atoms with Gasteiger partial charge in [-0.1, -0.05) is 63.2 Å². The van der Waals surface area contributed by atoms with Gasteiger partial charge in [-0.25, -0.2) is 13.8 Å². The van der Waals surface area contributed by atoms with Crippen molar-refractivity contribution in [3.05, 3.63) is 70.9 Å². The number of carbonyl (C=O) groups is 2. The number of Topliss-reactive ketones (excluding diaryl/α,β-unsaturated/α-hetero) is 1. The number of carbonyl (C=O) groups excluding carboxylic acids is 2. The van der Waals surface area contributed by atoms with Crippen molar-refractivity contribution < 1.29 is 18.4 Å². The molecule has 0 aliphatic carbocycles. The van der Waals surface area contributed by atoms with Crippen molar-refractivity contribution in [1.82, 2.24) is 4.98 Å². The van der Waals surface area contributed by atoms with Gasteiger partial charge in [-0.2, -0.15) is 0 Å². The normalized spacial score (nSPS) is 10.7. The van der Waals surface area contributed by atoms with Crippen LogP contribution in [0.25, 0.3) is 10.4 Å². The molecule has 0 saturated heterocycles. The van der Waals surface area contributed by atoms with Crippen LogP contribution in [0.3, 0.4) is 0 Å². The quantitative estimate of drug-likeness (QED) is 0.427. The molecule has 4 nitrogen and oxygen atoms in total. The van der Waals surface area contributed by atoms with Gasteiger partial charge in [0.2, 0.25) is 0 Å². The highest BCUT2D eigenvalue weighted by Gasteiger charge is 2.22. The molecule has 2 aromatic carbocycles. The van der Waals surface area contributed by atoms with E-state index in [4.69, 9.17) is 0 Å². The van der Waals surface area contributed by atoms with Crippen LogP contribution in [0, 0.1) is 18.6 Å². The third-order valence-corrected chi connectivity index (χ3v) is 5.23. The Labute approximate surface area is 166 Å². The van der Waals surface area contributed by atoms with Crippen molar-refractivity contribution in [2.24, 2.45) is 0 Å². The third kappa shape index (κ3) is 4.12. The molecule has 0 spiro atoms. The lowest BCUT2D eigenvalue weighted by atomic mass is 10.1. The number of hydrogen-bond acceptors (Lipinski definition) is 4. The highest BCUT2D eigenvalue weighted by Crippen LogP contribution is 2.34. The molecular weight excluding hydrogens is 438 g/mol. The van der Waals surface area contributed by atoms with Crippen LogP contribution in [0.5, 0.6) is 0 Å². The molecule has 8 heteroatoms. The van der Waals surface area contributed by atoms with Crippen molar-refractivity contribution in [2.45, 2.75) is 6.92 Å². The number of nitrogens with one attached hydrogen (secondary N) is 1. The molecule has 1 N–H and O–H groups in total. The number of amides is 1. The maximum atomic E-state index is 13.8. The van der Waals surface area contributed by atoms with Gasteiger partial charge in [0.25, 0.3) is 5.91 Å². The molecule has 3 rings (SSSR count). The lowest BCUT2D eigenvalue weighted by Gasteiger charge is -2.04. The van der Waals surface area contributed by atoms with E-state index in [0.29, 0.717) is 4.88 Å². The van der Waals surface area contributed by atoms with Gasteiger partial charge in [-0.05, 0) is 24.6 Å². The van der Waals surface area contributed by atoms with E-state index >= 15 is 0 Å². The zero-order chi connectivity index (χ0) is 19.6.